The highest BCUT2D eigenvalue weighted by molar-refractivity contribution is 5.76. The summed E-state index contributed by atoms with van der Waals surface area (Å²) in [4.78, 5) is 23.2. The molecule has 0 aromatic heterocycles. The van der Waals surface area contributed by atoms with E-state index in [0.717, 1.165) is 0 Å². The summed E-state index contributed by atoms with van der Waals surface area (Å²) in [6, 6.07) is -0.179. The Hall–Kier alpha value is -1.30. The summed E-state index contributed by atoms with van der Waals surface area (Å²) in [7, 11) is 0. The first-order valence-corrected chi connectivity index (χ1v) is 6.99. The average Bonchev–Trinajstić information content (AvgIpc) is 2.68. The maximum Gasteiger partial charge on any atom is 0.407 e. The van der Waals surface area contributed by atoms with Gasteiger partial charge in [0.2, 0.25) is 0 Å². The summed E-state index contributed by atoms with van der Waals surface area (Å²) in [5.74, 6) is -0.862. The van der Waals surface area contributed by atoms with E-state index in [2.05, 4.69) is 5.32 Å². The molecule has 1 saturated carbocycles. The van der Waals surface area contributed by atoms with Crippen molar-refractivity contribution >= 4 is 12.1 Å². The van der Waals surface area contributed by atoms with Gasteiger partial charge in [-0.1, -0.05) is 0 Å². The van der Waals surface area contributed by atoms with Gasteiger partial charge in [0, 0.05) is 12.6 Å². The molecule has 1 fully saturated rings. The van der Waals surface area contributed by atoms with Gasteiger partial charge in [0.25, 0.3) is 0 Å². The van der Waals surface area contributed by atoms with Crippen LogP contribution in [0.4, 0.5) is 4.79 Å². The average molecular weight is 287 g/mol. The summed E-state index contributed by atoms with van der Waals surface area (Å²) >= 11 is 0. The van der Waals surface area contributed by atoms with Crippen LogP contribution in [0, 0.1) is 5.41 Å². The second-order valence-corrected chi connectivity index (χ2v) is 6.31. The monoisotopic (exact) mass is 287 g/mol. The van der Waals surface area contributed by atoms with Crippen molar-refractivity contribution in [3.63, 3.8) is 0 Å². The third-order valence-electron chi connectivity index (χ3n) is 3.37. The zero-order valence-corrected chi connectivity index (χ0v) is 12.7. The molecule has 0 saturated heterocycles. The van der Waals surface area contributed by atoms with Crippen molar-refractivity contribution in [1.82, 2.24) is 5.32 Å². The van der Waals surface area contributed by atoms with E-state index in [1.54, 1.807) is 20.8 Å². The predicted molar refractivity (Wildman–Crippen MR) is 73.6 cm³/mol. The molecule has 2 N–H and O–H groups in total. The fourth-order valence-corrected chi connectivity index (χ4v) is 2.41. The summed E-state index contributed by atoms with van der Waals surface area (Å²) in [6.07, 6.45) is 1.00. The number of carboxylic acids is 1. The van der Waals surface area contributed by atoms with Crippen molar-refractivity contribution in [1.29, 1.82) is 0 Å². The van der Waals surface area contributed by atoms with Crippen LogP contribution in [0.25, 0.3) is 0 Å². The SMILES string of the molecule is CCOCC1(C(=O)O)CCC(NC(=O)OC(C)(C)C)C1. The number of hydrogen-bond donors (Lipinski definition) is 2. The highest BCUT2D eigenvalue weighted by Gasteiger charge is 2.46. The molecule has 1 aliphatic carbocycles. The van der Waals surface area contributed by atoms with Gasteiger partial charge in [0.15, 0.2) is 0 Å². The number of alkyl carbamates (subject to hydrolysis) is 1. The summed E-state index contributed by atoms with van der Waals surface area (Å²) in [6.45, 7) is 7.87. The predicted octanol–water partition coefficient (Wildman–Crippen LogP) is 2.17. The van der Waals surface area contributed by atoms with Crippen LogP contribution in [0.2, 0.25) is 0 Å². The van der Waals surface area contributed by atoms with Crippen LogP contribution in [0.1, 0.15) is 47.0 Å². The van der Waals surface area contributed by atoms with Gasteiger partial charge in [-0.15, -0.1) is 0 Å². The third kappa shape index (κ3) is 4.67. The lowest BCUT2D eigenvalue weighted by Crippen LogP contribution is -2.40. The van der Waals surface area contributed by atoms with Gasteiger partial charge >= 0.3 is 12.1 Å². The minimum Gasteiger partial charge on any atom is -0.481 e. The number of hydrogen-bond acceptors (Lipinski definition) is 4. The van der Waals surface area contributed by atoms with Gasteiger partial charge in [-0.05, 0) is 47.0 Å². The molecule has 0 aliphatic heterocycles. The number of nitrogens with one attached hydrogen (secondary N) is 1. The fraction of sp³-hybridized carbons (Fsp3) is 0.857. The maximum absolute atomic E-state index is 11.7. The minimum atomic E-state index is -0.893. The Kier molecular flexibility index (Phi) is 5.39. The van der Waals surface area contributed by atoms with E-state index in [1.807, 2.05) is 6.92 Å². The van der Waals surface area contributed by atoms with Crippen molar-refractivity contribution in [2.75, 3.05) is 13.2 Å². The molecule has 0 heterocycles. The molecule has 20 heavy (non-hydrogen) atoms. The normalized spacial score (nSPS) is 26.3. The second-order valence-electron chi connectivity index (χ2n) is 6.31. The topological polar surface area (TPSA) is 84.9 Å². The molecule has 2 atom stereocenters. The molecular formula is C14H25NO5. The van der Waals surface area contributed by atoms with E-state index in [0.29, 0.717) is 25.9 Å². The first-order valence-electron chi connectivity index (χ1n) is 6.99. The zero-order chi connectivity index (χ0) is 15.4. The highest BCUT2D eigenvalue weighted by Crippen LogP contribution is 2.39. The van der Waals surface area contributed by atoms with Gasteiger partial charge in [0.05, 0.1) is 12.0 Å². The van der Waals surface area contributed by atoms with E-state index in [-0.39, 0.29) is 12.6 Å². The van der Waals surface area contributed by atoms with Crippen molar-refractivity contribution < 1.29 is 24.2 Å². The molecule has 0 spiro atoms. The minimum absolute atomic E-state index is 0.179. The number of carboxylic acid groups (broad SMARTS) is 1. The van der Waals surface area contributed by atoms with Crippen LogP contribution < -0.4 is 5.32 Å². The largest absolute Gasteiger partial charge is 0.481 e. The molecule has 6 nitrogen and oxygen atoms in total. The number of rotatable bonds is 5. The van der Waals surface area contributed by atoms with Crippen LogP contribution in [-0.2, 0) is 14.3 Å². The summed E-state index contributed by atoms with van der Waals surface area (Å²) in [5.41, 5.74) is -1.45. The Labute approximate surface area is 119 Å². The van der Waals surface area contributed by atoms with Crippen LogP contribution in [0.15, 0.2) is 0 Å². The molecule has 1 amide bonds. The summed E-state index contributed by atoms with van der Waals surface area (Å²) < 4.78 is 10.5. The standard InChI is InChI=1S/C14H25NO5/c1-5-19-9-14(11(16)17)7-6-10(8-14)15-12(18)20-13(2,3)4/h10H,5-9H2,1-4H3,(H,15,18)(H,16,17). The first kappa shape index (κ1) is 16.8. The van der Waals surface area contributed by atoms with E-state index >= 15 is 0 Å². The van der Waals surface area contributed by atoms with Gasteiger partial charge in [-0.2, -0.15) is 0 Å². The molecule has 1 rings (SSSR count). The fourth-order valence-electron chi connectivity index (χ4n) is 2.41. The van der Waals surface area contributed by atoms with Gasteiger partial charge in [0.1, 0.15) is 5.60 Å². The number of amides is 1. The molecule has 0 radical (unpaired) electrons. The van der Waals surface area contributed by atoms with Crippen molar-refractivity contribution in [3.05, 3.63) is 0 Å². The van der Waals surface area contributed by atoms with Gasteiger partial charge in [-0.25, -0.2) is 4.79 Å². The molecule has 2 unspecified atom stereocenters. The van der Waals surface area contributed by atoms with Crippen LogP contribution >= 0.6 is 0 Å². The quantitative estimate of drug-likeness (QED) is 0.809. The van der Waals surface area contributed by atoms with Crippen molar-refractivity contribution in [2.24, 2.45) is 5.41 Å². The molecule has 0 bridgehead atoms. The van der Waals surface area contributed by atoms with Crippen molar-refractivity contribution in [2.45, 2.75) is 58.6 Å². The summed E-state index contributed by atoms with van der Waals surface area (Å²) in [5, 5.41) is 12.1. The third-order valence-corrected chi connectivity index (χ3v) is 3.37. The molecule has 6 heteroatoms. The van der Waals surface area contributed by atoms with Gasteiger partial charge < -0.3 is 19.9 Å². The Morgan fingerprint density at radius 1 is 1.40 bits per heavy atom. The Morgan fingerprint density at radius 2 is 2.05 bits per heavy atom. The molecule has 116 valence electrons. The smallest absolute Gasteiger partial charge is 0.407 e. The van der Waals surface area contributed by atoms with E-state index in [4.69, 9.17) is 9.47 Å². The number of aliphatic carboxylic acids is 1. The maximum atomic E-state index is 11.7. The lowest BCUT2D eigenvalue weighted by atomic mass is 9.87. The zero-order valence-electron chi connectivity index (χ0n) is 12.7. The number of carbonyl (C=O) groups excluding carboxylic acids is 1. The van der Waals surface area contributed by atoms with E-state index < -0.39 is 23.1 Å². The van der Waals surface area contributed by atoms with Crippen LogP contribution in [-0.4, -0.2) is 42.0 Å². The molecule has 1 aliphatic rings. The lowest BCUT2D eigenvalue weighted by Gasteiger charge is -2.25. The molecule has 0 aromatic rings. The Bertz CT molecular complexity index is 363. The second kappa shape index (κ2) is 6.43. The molecular weight excluding hydrogens is 262 g/mol. The van der Waals surface area contributed by atoms with Crippen LogP contribution in [0.5, 0.6) is 0 Å². The van der Waals surface area contributed by atoms with Crippen LogP contribution in [0.3, 0.4) is 0 Å². The molecule has 0 aromatic carbocycles. The van der Waals surface area contributed by atoms with E-state index in [9.17, 15) is 14.7 Å². The van der Waals surface area contributed by atoms with Gasteiger partial charge in [-0.3, -0.25) is 4.79 Å². The Balaban J connectivity index is 2.56. The lowest BCUT2D eigenvalue weighted by molar-refractivity contribution is -0.152. The highest BCUT2D eigenvalue weighted by atomic mass is 16.6. The number of ether oxygens (including phenoxy) is 2. The first-order chi connectivity index (χ1) is 9.18. The van der Waals surface area contributed by atoms with Crippen molar-refractivity contribution in [3.8, 4) is 0 Å². The Morgan fingerprint density at radius 3 is 2.55 bits per heavy atom. The number of carbonyl (C=O) groups is 2. The van der Waals surface area contributed by atoms with E-state index in [1.165, 1.54) is 0 Å².